The molecule has 1 aliphatic heterocycles. The fourth-order valence-corrected chi connectivity index (χ4v) is 2.92. The summed E-state index contributed by atoms with van der Waals surface area (Å²) in [5.41, 5.74) is 1.49. The Labute approximate surface area is 97.0 Å². The summed E-state index contributed by atoms with van der Waals surface area (Å²) in [5.74, 6) is 1.10. The second kappa shape index (κ2) is 3.77. The van der Waals surface area contributed by atoms with Crippen molar-refractivity contribution in [2.24, 2.45) is 0 Å². The van der Waals surface area contributed by atoms with Crippen LogP contribution in [0.2, 0.25) is 0 Å². The summed E-state index contributed by atoms with van der Waals surface area (Å²) < 4.78 is 6.19. The zero-order valence-electron chi connectivity index (χ0n) is 9.83. The minimum Gasteiger partial charge on any atom is -0.487 e. The average Bonchev–Trinajstić information content (AvgIpc) is 2.27. The smallest absolute Gasteiger partial charge is 0.124 e. The number of hydrogen-bond donors (Lipinski definition) is 1. The molecule has 1 atom stereocenters. The second-order valence-electron chi connectivity index (χ2n) is 4.99. The van der Waals surface area contributed by atoms with Gasteiger partial charge in [-0.15, -0.1) is 0 Å². The minimum atomic E-state index is 0.154. The first-order valence-electron chi connectivity index (χ1n) is 6.34. The van der Waals surface area contributed by atoms with Gasteiger partial charge in [-0.2, -0.15) is 0 Å². The molecule has 3 rings (SSSR count). The van der Waals surface area contributed by atoms with Crippen LogP contribution in [0.5, 0.6) is 5.75 Å². The van der Waals surface area contributed by atoms with Crippen molar-refractivity contribution in [2.75, 3.05) is 6.54 Å². The highest BCUT2D eigenvalue weighted by molar-refractivity contribution is 5.39. The molecule has 0 amide bonds. The van der Waals surface area contributed by atoms with E-state index in [-0.39, 0.29) is 5.60 Å². The average molecular weight is 217 g/mol. The molecular formula is C14H19NO. The van der Waals surface area contributed by atoms with E-state index in [1.165, 1.54) is 24.8 Å². The van der Waals surface area contributed by atoms with Crippen molar-refractivity contribution in [1.82, 2.24) is 5.32 Å². The molecule has 2 nitrogen and oxygen atoms in total. The van der Waals surface area contributed by atoms with Gasteiger partial charge < -0.3 is 10.1 Å². The molecule has 0 aromatic heterocycles. The lowest BCUT2D eigenvalue weighted by Gasteiger charge is -2.48. The van der Waals surface area contributed by atoms with Crippen LogP contribution in [0.15, 0.2) is 24.3 Å². The number of nitrogens with one attached hydrogen (secondary N) is 1. The van der Waals surface area contributed by atoms with Crippen LogP contribution in [0, 0.1) is 0 Å². The van der Waals surface area contributed by atoms with Crippen molar-refractivity contribution in [2.45, 2.75) is 44.2 Å². The zero-order valence-corrected chi connectivity index (χ0v) is 9.83. The van der Waals surface area contributed by atoms with Crippen molar-refractivity contribution in [3.05, 3.63) is 29.8 Å². The summed E-state index contributed by atoms with van der Waals surface area (Å²) in [4.78, 5) is 0. The van der Waals surface area contributed by atoms with E-state index in [1.54, 1.807) is 0 Å². The highest BCUT2D eigenvalue weighted by Gasteiger charge is 2.45. The molecule has 1 aromatic rings. The highest BCUT2D eigenvalue weighted by Crippen LogP contribution is 2.48. The van der Waals surface area contributed by atoms with E-state index in [2.05, 4.69) is 36.5 Å². The lowest BCUT2D eigenvalue weighted by atomic mass is 9.73. The molecule has 0 bridgehead atoms. The van der Waals surface area contributed by atoms with Gasteiger partial charge in [-0.1, -0.05) is 25.1 Å². The minimum absolute atomic E-state index is 0.154. The quantitative estimate of drug-likeness (QED) is 0.822. The Balaban J connectivity index is 1.94. The summed E-state index contributed by atoms with van der Waals surface area (Å²) in [6.45, 7) is 3.20. The first-order chi connectivity index (χ1) is 7.83. The summed E-state index contributed by atoms with van der Waals surface area (Å²) in [5, 5.41) is 3.58. The molecule has 1 N–H and O–H groups in total. The number of para-hydroxylation sites is 1. The molecule has 0 saturated heterocycles. The van der Waals surface area contributed by atoms with Gasteiger partial charge in [-0.25, -0.2) is 0 Å². The van der Waals surface area contributed by atoms with E-state index >= 15 is 0 Å². The molecule has 2 heteroatoms. The van der Waals surface area contributed by atoms with Crippen LogP contribution in [0.3, 0.4) is 0 Å². The van der Waals surface area contributed by atoms with E-state index in [9.17, 15) is 0 Å². The van der Waals surface area contributed by atoms with Crippen molar-refractivity contribution >= 4 is 0 Å². The Bertz CT molecular complexity index is 384. The van der Waals surface area contributed by atoms with Crippen LogP contribution >= 0.6 is 0 Å². The largest absolute Gasteiger partial charge is 0.487 e. The van der Waals surface area contributed by atoms with E-state index in [0.29, 0.717) is 6.04 Å². The van der Waals surface area contributed by atoms with Gasteiger partial charge in [0.2, 0.25) is 0 Å². The third kappa shape index (κ3) is 1.52. The van der Waals surface area contributed by atoms with Crippen LogP contribution in [0.1, 0.15) is 44.2 Å². The fraction of sp³-hybridized carbons (Fsp3) is 0.571. The summed E-state index contributed by atoms with van der Waals surface area (Å²) in [7, 11) is 0. The Morgan fingerprint density at radius 3 is 2.88 bits per heavy atom. The number of rotatable bonds is 2. The molecule has 86 valence electrons. The third-order valence-corrected chi connectivity index (χ3v) is 3.91. The van der Waals surface area contributed by atoms with Gasteiger partial charge in [0.05, 0.1) is 0 Å². The first kappa shape index (κ1) is 10.2. The molecule has 16 heavy (non-hydrogen) atoms. The molecule has 1 aliphatic carbocycles. The van der Waals surface area contributed by atoms with Crippen molar-refractivity contribution in [3.8, 4) is 5.75 Å². The van der Waals surface area contributed by atoms with Gasteiger partial charge in [-0.05, 0) is 31.9 Å². The Hall–Kier alpha value is -1.02. The molecule has 1 heterocycles. The third-order valence-electron chi connectivity index (χ3n) is 3.91. The van der Waals surface area contributed by atoms with Crippen LogP contribution in [0.25, 0.3) is 0 Å². The molecule has 1 saturated carbocycles. The Morgan fingerprint density at radius 1 is 1.38 bits per heavy atom. The van der Waals surface area contributed by atoms with Crippen LogP contribution < -0.4 is 10.1 Å². The van der Waals surface area contributed by atoms with E-state index in [0.717, 1.165) is 18.7 Å². The maximum atomic E-state index is 6.19. The van der Waals surface area contributed by atoms with Crippen LogP contribution in [-0.2, 0) is 0 Å². The number of benzene rings is 1. The molecule has 2 aliphatic rings. The molecule has 1 spiro atoms. The summed E-state index contributed by atoms with van der Waals surface area (Å²) in [6.07, 6.45) is 4.91. The molecular weight excluding hydrogens is 198 g/mol. The van der Waals surface area contributed by atoms with Gasteiger partial charge in [0.1, 0.15) is 11.4 Å². The Morgan fingerprint density at radius 2 is 2.19 bits per heavy atom. The molecule has 1 aromatic carbocycles. The highest BCUT2D eigenvalue weighted by atomic mass is 16.5. The van der Waals surface area contributed by atoms with Gasteiger partial charge in [-0.3, -0.25) is 0 Å². The lowest BCUT2D eigenvalue weighted by Crippen LogP contribution is -2.49. The zero-order chi connectivity index (χ0) is 11.0. The number of hydrogen-bond acceptors (Lipinski definition) is 2. The molecule has 1 unspecified atom stereocenters. The standard InChI is InChI=1S/C14H19NO/c1-2-15-12-10-14(8-5-9-14)16-13-7-4-3-6-11(12)13/h3-4,6-7,12,15H,2,5,8-10H2,1H3. The van der Waals surface area contributed by atoms with Crippen molar-refractivity contribution < 1.29 is 4.74 Å². The number of ether oxygens (including phenoxy) is 1. The SMILES string of the molecule is CCNC1CC2(CCC2)Oc2ccccc21. The normalized spacial score (nSPS) is 25.7. The van der Waals surface area contributed by atoms with Gasteiger partial charge in [0, 0.05) is 18.0 Å². The monoisotopic (exact) mass is 217 g/mol. The fourth-order valence-electron chi connectivity index (χ4n) is 2.92. The molecule has 1 fully saturated rings. The van der Waals surface area contributed by atoms with Crippen LogP contribution in [0.4, 0.5) is 0 Å². The topological polar surface area (TPSA) is 21.3 Å². The van der Waals surface area contributed by atoms with Crippen LogP contribution in [-0.4, -0.2) is 12.1 Å². The predicted molar refractivity (Wildman–Crippen MR) is 64.7 cm³/mol. The van der Waals surface area contributed by atoms with Gasteiger partial charge >= 0.3 is 0 Å². The van der Waals surface area contributed by atoms with Crippen molar-refractivity contribution in [1.29, 1.82) is 0 Å². The Kier molecular flexibility index (Phi) is 2.40. The lowest BCUT2D eigenvalue weighted by molar-refractivity contribution is -0.0367. The predicted octanol–water partition coefficient (Wildman–Crippen LogP) is 3.04. The maximum Gasteiger partial charge on any atom is 0.124 e. The first-order valence-corrected chi connectivity index (χ1v) is 6.34. The maximum absolute atomic E-state index is 6.19. The van der Waals surface area contributed by atoms with Crippen molar-refractivity contribution in [3.63, 3.8) is 0 Å². The molecule has 0 radical (unpaired) electrons. The number of fused-ring (bicyclic) bond motifs is 1. The second-order valence-corrected chi connectivity index (χ2v) is 4.99. The van der Waals surface area contributed by atoms with Gasteiger partial charge in [0.25, 0.3) is 0 Å². The van der Waals surface area contributed by atoms with E-state index in [4.69, 9.17) is 4.74 Å². The summed E-state index contributed by atoms with van der Waals surface area (Å²) >= 11 is 0. The summed E-state index contributed by atoms with van der Waals surface area (Å²) in [6, 6.07) is 8.95. The van der Waals surface area contributed by atoms with E-state index < -0.39 is 0 Å². The van der Waals surface area contributed by atoms with Gasteiger partial charge in [0.15, 0.2) is 0 Å². The van der Waals surface area contributed by atoms with E-state index in [1.807, 2.05) is 0 Å².